The summed E-state index contributed by atoms with van der Waals surface area (Å²) in [6, 6.07) is 11.5. The molecule has 1 atom stereocenters. The van der Waals surface area contributed by atoms with Crippen LogP contribution in [0.5, 0.6) is 0 Å². The first-order valence-electron chi connectivity index (χ1n) is 11.4. The molecule has 0 bridgehead atoms. The number of sulfonamides is 1. The van der Waals surface area contributed by atoms with Gasteiger partial charge in [0.05, 0.1) is 22.1 Å². The normalized spacial score (nSPS) is 22.4. The molecule has 0 spiro atoms. The van der Waals surface area contributed by atoms with E-state index in [1.807, 2.05) is 37.3 Å². The van der Waals surface area contributed by atoms with Gasteiger partial charge in [-0.05, 0) is 69.4 Å². The molecule has 3 rings (SSSR count). The second kappa shape index (κ2) is 9.91. The number of amides is 1. The third-order valence-corrected chi connectivity index (χ3v) is 8.10. The Hall–Kier alpha value is -2.43. The number of alkyl halides is 3. The van der Waals surface area contributed by atoms with Gasteiger partial charge in [0, 0.05) is 11.5 Å². The molecule has 10 heteroatoms. The number of aliphatic hydroxyl groups is 1. The van der Waals surface area contributed by atoms with Gasteiger partial charge in [0.2, 0.25) is 15.9 Å². The number of nitrogens with one attached hydrogen (secondary N) is 2. The number of hydrogen-bond acceptors (Lipinski definition) is 4. The predicted octanol–water partition coefficient (Wildman–Crippen LogP) is 4.56. The third kappa shape index (κ3) is 6.62. The Morgan fingerprint density at radius 1 is 1.03 bits per heavy atom. The van der Waals surface area contributed by atoms with Crippen molar-refractivity contribution in [2.75, 3.05) is 0 Å². The van der Waals surface area contributed by atoms with Gasteiger partial charge in [-0.25, -0.2) is 13.1 Å². The number of benzene rings is 2. The van der Waals surface area contributed by atoms with Crippen molar-refractivity contribution in [2.45, 2.75) is 75.2 Å². The number of carbonyl (C=O) groups excluding carboxylic acids is 1. The van der Waals surface area contributed by atoms with Gasteiger partial charge < -0.3 is 10.4 Å². The fraction of sp³-hybridized carbons (Fsp3) is 0.480. The summed E-state index contributed by atoms with van der Waals surface area (Å²) in [6.07, 6.45) is -2.95. The maximum Gasteiger partial charge on any atom is 0.416 e. The van der Waals surface area contributed by atoms with E-state index in [4.69, 9.17) is 0 Å². The van der Waals surface area contributed by atoms with Gasteiger partial charge in [0.25, 0.3) is 0 Å². The van der Waals surface area contributed by atoms with Gasteiger partial charge in [-0.2, -0.15) is 13.2 Å². The van der Waals surface area contributed by atoms with Gasteiger partial charge in [0.1, 0.15) is 0 Å². The topological polar surface area (TPSA) is 95.5 Å². The van der Waals surface area contributed by atoms with E-state index >= 15 is 0 Å². The summed E-state index contributed by atoms with van der Waals surface area (Å²) in [5.41, 5.74) is -2.11. The van der Waals surface area contributed by atoms with Crippen molar-refractivity contribution in [1.29, 1.82) is 0 Å². The molecule has 1 fully saturated rings. The standard InChI is InChI=1S/C25H31F3N2O4S/c1-23(2,32)21(17-7-5-4-6-8-17)29-22(31)24(3)15-13-19(14-16-24)30-35(33,34)20-11-9-18(10-12-20)25(26,27)28/h4-12,19,21,30,32H,13-16H2,1-3H3,(H,29,31)/t19?,21-,24?/m1/s1. The number of rotatable bonds is 7. The highest BCUT2D eigenvalue weighted by Crippen LogP contribution is 2.38. The molecule has 1 amide bonds. The molecule has 0 heterocycles. The minimum atomic E-state index is -4.55. The third-order valence-electron chi connectivity index (χ3n) is 6.57. The van der Waals surface area contributed by atoms with Crippen LogP contribution in [0, 0.1) is 5.41 Å². The summed E-state index contributed by atoms with van der Waals surface area (Å²) in [5.74, 6) is -0.225. The van der Waals surface area contributed by atoms with Crippen LogP contribution in [0.3, 0.4) is 0 Å². The molecule has 0 unspecified atom stereocenters. The van der Waals surface area contributed by atoms with Crippen molar-refractivity contribution in [3.8, 4) is 0 Å². The molecule has 0 aliphatic heterocycles. The smallest absolute Gasteiger partial charge is 0.388 e. The molecule has 1 saturated carbocycles. The summed E-state index contributed by atoms with van der Waals surface area (Å²) in [5, 5.41) is 13.6. The van der Waals surface area contributed by atoms with Crippen LogP contribution < -0.4 is 10.0 Å². The monoisotopic (exact) mass is 512 g/mol. The molecule has 2 aromatic rings. The molecule has 1 aliphatic rings. The molecular weight excluding hydrogens is 481 g/mol. The fourth-order valence-corrected chi connectivity index (χ4v) is 5.63. The Kier molecular flexibility index (Phi) is 7.69. The van der Waals surface area contributed by atoms with Gasteiger partial charge in [0.15, 0.2) is 0 Å². The highest BCUT2D eigenvalue weighted by molar-refractivity contribution is 7.89. The van der Waals surface area contributed by atoms with Gasteiger partial charge in [-0.3, -0.25) is 4.79 Å². The summed E-state index contributed by atoms with van der Waals surface area (Å²) in [7, 11) is -4.01. The number of halogens is 3. The lowest BCUT2D eigenvalue weighted by Gasteiger charge is -2.39. The molecule has 35 heavy (non-hydrogen) atoms. The molecule has 0 aromatic heterocycles. The van der Waals surface area contributed by atoms with E-state index in [-0.39, 0.29) is 10.8 Å². The Labute approximate surface area is 204 Å². The van der Waals surface area contributed by atoms with Gasteiger partial charge in [-0.15, -0.1) is 0 Å². The van der Waals surface area contributed by atoms with Crippen LogP contribution in [-0.2, 0) is 21.0 Å². The zero-order chi connectivity index (χ0) is 26.1. The average molecular weight is 513 g/mol. The van der Waals surface area contributed by atoms with Gasteiger partial charge in [-0.1, -0.05) is 37.3 Å². The molecular formula is C25H31F3N2O4S. The second-order valence-corrected chi connectivity index (χ2v) is 11.7. The van der Waals surface area contributed by atoms with E-state index in [2.05, 4.69) is 10.0 Å². The summed E-state index contributed by atoms with van der Waals surface area (Å²) >= 11 is 0. The first-order chi connectivity index (χ1) is 16.1. The lowest BCUT2D eigenvalue weighted by atomic mass is 9.73. The van der Waals surface area contributed by atoms with E-state index in [0.717, 1.165) is 29.8 Å². The number of carbonyl (C=O) groups is 1. The SMILES string of the molecule is CC1(C(=O)N[C@H](c2ccccc2)C(C)(C)O)CCC(NS(=O)(=O)c2ccc(C(F)(F)F)cc2)CC1. The lowest BCUT2D eigenvalue weighted by molar-refractivity contribution is -0.137. The molecule has 0 saturated heterocycles. The maximum absolute atomic E-state index is 13.2. The van der Waals surface area contributed by atoms with Crippen LogP contribution >= 0.6 is 0 Å². The first-order valence-corrected chi connectivity index (χ1v) is 12.9. The minimum Gasteiger partial charge on any atom is -0.388 e. The summed E-state index contributed by atoms with van der Waals surface area (Å²) in [6.45, 7) is 5.07. The highest BCUT2D eigenvalue weighted by atomic mass is 32.2. The van der Waals surface area contributed by atoms with Crippen molar-refractivity contribution in [3.63, 3.8) is 0 Å². The van der Waals surface area contributed by atoms with Crippen molar-refractivity contribution in [2.24, 2.45) is 5.41 Å². The second-order valence-electron chi connectivity index (χ2n) is 9.95. The predicted molar refractivity (Wildman–Crippen MR) is 126 cm³/mol. The van der Waals surface area contributed by atoms with E-state index in [9.17, 15) is 31.5 Å². The Morgan fingerprint density at radius 3 is 2.06 bits per heavy atom. The molecule has 192 valence electrons. The van der Waals surface area contributed by atoms with E-state index in [1.165, 1.54) is 0 Å². The van der Waals surface area contributed by atoms with Crippen molar-refractivity contribution >= 4 is 15.9 Å². The molecule has 3 N–H and O–H groups in total. The van der Waals surface area contributed by atoms with E-state index in [0.29, 0.717) is 25.7 Å². The lowest BCUT2D eigenvalue weighted by Crippen LogP contribution is -2.50. The molecule has 0 radical (unpaired) electrons. The van der Waals surface area contributed by atoms with Crippen molar-refractivity contribution in [3.05, 3.63) is 65.7 Å². The zero-order valence-electron chi connectivity index (χ0n) is 19.9. The highest BCUT2D eigenvalue weighted by Gasteiger charge is 2.41. The van der Waals surface area contributed by atoms with E-state index in [1.54, 1.807) is 13.8 Å². The Balaban J connectivity index is 1.64. The van der Waals surface area contributed by atoms with Crippen LogP contribution in [-0.4, -0.2) is 31.1 Å². The maximum atomic E-state index is 13.2. The largest absolute Gasteiger partial charge is 0.416 e. The Bertz CT molecular complexity index is 1120. The minimum absolute atomic E-state index is 0.225. The summed E-state index contributed by atoms with van der Waals surface area (Å²) < 4.78 is 66.2. The van der Waals surface area contributed by atoms with Crippen LogP contribution in [0.4, 0.5) is 13.2 Å². The van der Waals surface area contributed by atoms with Gasteiger partial charge >= 0.3 is 6.18 Å². The van der Waals surface area contributed by atoms with Crippen molar-refractivity contribution < 1.29 is 31.5 Å². The average Bonchev–Trinajstić information content (AvgIpc) is 2.78. The number of hydrogen-bond donors (Lipinski definition) is 3. The molecule has 6 nitrogen and oxygen atoms in total. The van der Waals surface area contributed by atoms with Crippen LogP contribution in [0.1, 0.15) is 63.6 Å². The fourth-order valence-electron chi connectivity index (χ4n) is 4.33. The van der Waals surface area contributed by atoms with Crippen molar-refractivity contribution in [1.82, 2.24) is 10.0 Å². The van der Waals surface area contributed by atoms with Crippen LogP contribution in [0.15, 0.2) is 59.5 Å². The molecule has 1 aliphatic carbocycles. The van der Waals surface area contributed by atoms with Crippen LogP contribution in [0.2, 0.25) is 0 Å². The molecule has 2 aromatic carbocycles. The summed E-state index contributed by atoms with van der Waals surface area (Å²) in [4.78, 5) is 13.0. The zero-order valence-corrected chi connectivity index (χ0v) is 20.7. The first kappa shape index (κ1) is 27.2. The quantitative estimate of drug-likeness (QED) is 0.507. The van der Waals surface area contributed by atoms with Crippen LogP contribution in [0.25, 0.3) is 0 Å². The Morgan fingerprint density at radius 2 is 1.57 bits per heavy atom. The van der Waals surface area contributed by atoms with E-state index < -0.39 is 44.9 Å².